The van der Waals surface area contributed by atoms with E-state index in [9.17, 15) is 14.4 Å². The van der Waals surface area contributed by atoms with Crippen LogP contribution < -0.4 is 4.90 Å². The maximum Gasteiger partial charge on any atom is 0.338 e. The maximum atomic E-state index is 11.7. The number of ether oxygens (including phenoxy) is 1. The number of carbonyl (C=O) groups is 3. The number of thioether (sulfide) groups is 1. The first-order valence-electron chi connectivity index (χ1n) is 5.84. The lowest BCUT2D eigenvalue weighted by Gasteiger charge is -2.24. The van der Waals surface area contributed by atoms with Crippen LogP contribution in [-0.2, 0) is 14.3 Å². The first-order valence-corrected chi connectivity index (χ1v) is 6.99. The fourth-order valence-corrected chi connectivity index (χ4v) is 2.45. The van der Waals surface area contributed by atoms with Crippen molar-refractivity contribution in [1.82, 2.24) is 0 Å². The molecule has 1 aliphatic rings. The number of esters is 1. The normalized spacial score (nSPS) is 15.5. The van der Waals surface area contributed by atoms with Crippen molar-refractivity contribution < 1.29 is 19.1 Å². The van der Waals surface area contributed by atoms with Crippen LogP contribution in [-0.4, -0.2) is 35.9 Å². The van der Waals surface area contributed by atoms with E-state index in [0.29, 0.717) is 29.4 Å². The summed E-state index contributed by atoms with van der Waals surface area (Å²) >= 11 is 1.31. The third kappa shape index (κ3) is 2.96. The molecular weight excluding hydrogens is 266 g/mol. The molecule has 0 aromatic heterocycles. The van der Waals surface area contributed by atoms with E-state index in [2.05, 4.69) is 0 Å². The molecule has 0 saturated carbocycles. The van der Waals surface area contributed by atoms with E-state index in [1.54, 1.807) is 31.2 Å². The molecule has 0 atom stereocenters. The summed E-state index contributed by atoms with van der Waals surface area (Å²) in [7, 11) is 0. The van der Waals surface area contributed by atoms with E-state index < -0.39 is 5.97 Å². The van der Waals surface area contributed by atoms with E-state index in [-0.39, 0.29) is 11.8 Å². The molecule has 0 N–H and O–H groups in total. The molecule has 1 saturated heterocycles. The van der Waals surface area contributed by atoms with Crippen LogP contribution in [0.25, 0.3) is 0 Å². The highest BCUT2D eigenvalue weighted by atomic mass is 32.2. The Bertz CT molecular complexity index is 496. The fourth-order valence-electron chi connectivity index (χ4n) is 1.74. The molecule has 1 aromatic rings. The number of imide groups is 1. The molecule has 19 heavy (non-hydrogen) atoms. The van der Waals surface area contributed by atoms with Gasteiger partial charge in [0.15, 0.2) is 0 Å². The zero-order valence-corrected chi connectivity index (χ0v) is 11.2. The largest absolute Gasteiger partial charge is 0.462 e. The molecule has 0 aliphatic carbocycles. The number of rotatable bonds is 3. The highest BCUT2D eigenvalue weighted by Crippen LogP contribution is 2.22. The van der Waals surface area contributed by atoms with Crippen molar-refractivity contribution in [3.63, 3.8) is 0 Å². The summed E-state index contributed by atoms with van der Waals surface area (Å²) < 4.78 is 4.87. The van der Waals surface area contributed by atoms with Crippen LogP contribution in [0.15, 0.2) is 24.3 Å². The minimum Gasteiger partial charge on any atom is -0.462 e. The van der Waals surface area contributed by atoms with Crippen LogP contribution in [0, 0.1) is 0 Å². The molecule has 0 unspecified atom stereocenters. The van der Waals surface area contributed by atoms with Crippen molar-refractivity contribution in [1.29, 1.82) is 0 Å². The summed E-state index contributed by atoms with van der Waals surface area (Å²) in [6.45, 7) is 2.04. The monoisotopic (exact) mass is 279 g/mol. The quantitative estimate of drug-likeness (QED) is 0.619. The van der Waals surface area contributed by atoms with Crippen molar-refractivity contribution in [2.45, 2.75) is 6.92 Å². The molecule has 0 radical (unpaired) electrons. The molecule has 0 spiro atoms. The standard InChI is InChI=1S/C13H13NO4S/c1-2-18-13(17)9-3-5-10(6-4-9)14-11(15)7-19-8-12(14)16/h3-6H,2,7-8H2,1H3. The van der Waals surface area contributed by atoms with Gasteiger partial charge < -0.3 is 4.74 Å². The van der Waals surface area contributed by atoms with Gasteiger partial charge >= 0.3 is 5.97 Å². The summed E-state index contributed by atoms with van der Waals surface area (Å²) in [5.41, 5.74) is 0.889. The van der Waals surface area contributed by atoms with E-state index in [0.717, 1.165) is 4.90 Å². The van der Waals surface area contributed by atoms with E-state index >= 15 is 0 Å². The Morgan fingerprint density at radius 2 is 1.79 bits per heavy atom. The van der Waals surface area contributed by atoms with Gasteiger partial charge in [-0.1, -0.05) is 0 Å². The van der Waals surface area contributed by atoms with Crippen molar-refractivity contribution in [3.05, 3.63) is 29.8 Å². The van der Waals surface area contributed by atoms with Gasteiger partial charge in [-0.25, -0.2) is 9.69 Å². The molecule has 1 aromatic carbocycles. The average molecular weight is 279 g/mol. The Hall–Kier alpha value is -1.82. The Balaban J connectivity index is 2.20. The number of benzene rings is 1. The number of nitrogens with zero attached hydrogens (tertiary/aromatic N) is 1. The van der Waals surface area contributed by atoms with Gasteiger partial charge in [0.25, 0.3) is 0 Å². The Kier molecular flexibility index (Phi) is 4.21. The predicted molar refractivity (Wildman–Crippen MR) is 72.2 cm³/mol. The second-order valence-corrected chi connectivity index (χ2v) is 4.87. The van der Waals surface area contributed by atoms with Crippen LogP contribution in [0.2, 0.25) is 0 Å². The van der Waals surface area contributed by atoms with E-state index in [4.69, 9.17) is 4.74 Å². The zero-order chi connectivity index (χ0) is 13.8. The Morgan fingerprint density at radius 1 is 1.21 bits per heavy atom. The average Bonchev–Trinajstić information content (AvgIpc) is 2.39. The molecule has 1 heterocycles. The molecule has 1 fully saturated rings. The second-order valence-electron chi connectivity index (χ2n) is 3.88. The van der Waals surface area contributed by atoms with Crippen molar-refractivity contribution in [3.8, 4) is 0 Å². The zero-order valence-electron chi connectivity index (χ0n) is 10.4. The number of hydrogen-bond acceptors (Lipinski definition) is 5. The highest BCUT2D eigenvalue weighted by Gasteiger charge is 2.27. The smallest absolute Gasteiger partial charge is 0.338 e. The lowest BCUT2D eigenvalue weighted by molar-refractivity contribution is -0.124. The highest BCUT2D eigenvalue weighted by molar-refractivity contribution is 8.00. The van der Waals surface area contributed by atoms with Gasteiger partial charge in [0.2, 0.25) is 11.8 Å². The molecule has 2 amide bonds. The number of amides is 2. The third-order valence-electron chi connectivity index (χ3n) is 2.59. The first-order chi connectivity index (χ1) is 9.13. The molecule has 0 bridgehead atoms. The molecule has 2 rings (SSSR count). The number of carbonyl (C=O) groups excluding carboxylic acids is 3. The van der Waals surface area contributed by atoms with Gasteiger partial charge in [-0.05, 0) is 31.2 Å². The predicted octanol–water partition coefficient (Wildman–Crippen LogP) is 1.47. The van der Waals surface area contributed by atoms with Gasteiger partial charge in [0.1, 0.15) is 0 Å². The van der Waals surface area contributed by atoms with Crippen LogP contribution in [0.3, 0.4) is 0 Å². The van der Waals surface area contributed by atoms with Gasteiger partial charge in [-0.2, -0.15) is 0 Å². The Morgan fingerprint density at radius 3 is 2.32 bits per heavy atom. The fraction of sp³-hybridized carbons (Fsp3) is 0.308. The lowest BCUT2D eigenvalue weighted by atomic mass is 10.2. The van der Waals surface area contributed by atoms with Crippen LogP contribution in [0.4, 0.5) is 5.69 Å². The van der Waals surface area contributed by atoms with Crippen molar-refractivity contribution in [2.24, 2.45) is 0 Å². The molecule has 5 nitrogen and oxygen atoms in total. The summed E-state index contributed by atoms with van der Waals surface area (Å²) in [6.07, 6.45) is 0. The minimum atomic E-state index is -0.416. The second kappa shape index (κ2) is 5.88. The van der Waals surface area contributed by atoms with Crippen LogP contribution >= 0.6 is 11.8 Å². The number of hydrogen-bond donors (Lipinski definition) is 0. The SMILES string of the molecule is CCOC(=O)c1ccc(N2C(=O)CSCC2=O)cc1. The maximum absolute atomic E-state index is 11.7. The summed E-state index contributed by atoms with van der Waals surface area (Å²) in [5, 5.41) is 0. The molecule has 1 aliphatic heterocycles. The van der Waals surface area contributed by atoms with Gasteiger partial charge in [-0.15, -0.1) is 11.8 Å². The van der Waals surface area contributed by atoms with Gasteiger partial charge in [0, 0.05) is 0 Å². The topological polar surface area (TPSA) is 63.7 Å². The van der Waals surface area contributed by atoms with Gasteiger partial charge in [0.05, 0.1) is 29.4 Å². The summed E-state index contributed by atoms with van der Waals surface area (Å²) in [6, 6.07) is 6.27. The van der Waals surface area contributed by atoms with Gasteiger partial charge in [-0.3, -0.25) is 9.59 Å². The lowest BCUT2D eigenvalue weighted by Crippen LogP contribution is -2.43. The van der Waals surface area contributed by atoms with E-state index in [1.165, 1.54) is 11.8 Å². The van der Waals surface area contributed by atoms with Crippen LogP contribution in [0.1, 0.15) is 17.3 Å². The first kappa shape index (κ1) is 13.6. The summed E-state index contributed by atoms with van der Waals surface area (Å²) in [4.78, 5) is 36.1. The molecule has 100 valence electrons. The number of anilines is 1. The third-order valence-corrected chi connectivity index (χ3v) is 3.49. The molecular formula is C13H13NO4S. The van der Waals surface area contributed by atoms with Crippen LogP contribution in [0.5, 0.6) is 0 Å². The Labute approximate surface area is 114 Å². The van der Waals surface area contributed by atoms with Crippen molar-refractivity contribution in [2.75, 3.05) is 23.0 Å². The molecule has 6 heteroatoms. The summed E-state index contributed by atoms with van der Waals surface area (Å²) in [5.74, 6) is -0.285. The van der Waals surface area contributed by atoms with E-state index in [1.807, 2.05) is 0 Å². The minimum absolute atomic E-state index is 0.231. The van der Waals surface area contributed by atoms with Crippen molar-refractivity contribution >= 4 is 35.2 Å².